The summed E-state index contributed by atoms with van der Waals surface area (Å²) < 4.78 is 4.74. The van der Waals surface area contributed by atoms with Crippen LogP contribution in [0.2, 0.25) is 0 Å². The maximum absolute atomic E-state index is 12.1. The van der Waals surface area contributed by atoms with Crippen molar-refractivity contribution in [2.45, 2.75) is 25.0 Å². The number of thiophene rings is 1. The third-order valence-corrected chi connectivity index (χ3v) is 5.80. The first-order valence-corrected chi connectivity index (χ1v) is 8.83. The van der Waals surface area contributed by atoms with Crippen LogP contribution in [-0.2, 0) is 9.53 Å². The number of esters is 1. The number of ether oxygens (including phenoxy) is 1. The number of anilines is 1. The third-order valence-electron chi connectivity index (χ3n) is 3.35. The van der Waals surface area contributed by atoms with E-state index in [2.05, 4.69) is 10.6 Å². The molecule has 1 saturated heterocycles. The first kappa shape index (κ1) is 16.3. The van der Waals surface area contributed by atoms with Crippen molar-refractivity contribution in [1.82, 2.24) is 5.32 Å². The van der Waals surface area contributed by atoms with Gasteiger partial charge in [-0.2, -0.15) is 0 Å². The smallest absolute Gasteiger partial charge is 0.350 e. The van der Waals surface area contributed by atoms with Gasteiger partial charge in [0.15, 0.2) is 0 Å². The first-order valence-electron chi connectivity index (χ1n) is 6.90. The molecule has 2 N–H and O–H groups in total. The van der Waals surface area contributed by atoms with Gasteiger partial charge in [0.2, 0.25) is 5.91 Å². The van der Waals surface area contributed by atoms with Gasteiger partial charge >= 0.3 is 5.97 Å². The second-order valence-electron chi connectivity index (χ2n) is 4.92. The third kappa shape index (κ3) is 4.46. The fourth-order valence-corrected chi connectivity index (χ4v) is 4.12. The molecular weight excluding hydrogens is 308 g/mol. The van der Waals surface area contributed by atoms with Crippen LogP contribution in [0.4, 0.5) is 5.69 Å². The summed E-state index contributed by atoms with van der Waals surface area (Å²) in [6.45, 7) is 3.92. The number of methoxy groups -OCH3 is 1. The highest BCUT2D eigenvalue weighted by molar-refractivity contribution is 8.00. The normalized spacial score (nSPS) is 15.7. The molecule has 1 aliphatic heterocycles. The molecule has 2 rings (SSSR count). The Morgan fingerprint density at radius 3 is 2.86 bits per heavy atom. The lowest BCUT2D eigenvalue weighted by Gasteiger charge is -2.21. The van der Waals surface area contributed by atoms with Crippen molar-refractivity contribution in [2.24, 2.45) is 0 Å². The number of hydrogen-bond donors (Lipinski definition) is 2. The quantitative estimate of drug-likeness (QED) is 0.812. The van der Waals surface area contributed by atoms with E-state index in [0.29, 0.717) is 21.6 Å². The highest BCUT2D eigenvalue weighted by Crippen LogP contribution is 2.29. The zero-order chi connectivity index (χ0) is 15.2. The van der Waals surface area contributed by atoms with Crippen molar-refractivity contribution >= 4 is 40.7 Å². The Morgan fingerprint density at radius 2 is 2.19 bits per heavy atom. The zero-order valence-electron chi connectivity index (χ0n) is 12.2. The van der Waals surface area contributed by atoms with Gasteiger partial charge in [-0.3, -0.25) is 4.79 Å². The summed E-state index contributed by atoms with van der Waals surface area (Å²) in [5, 5.41) is 8.55. The number of carbonyl (C=O) groups is 2. The summed E-state index contributed by atoms with van der Waals surface area (Å²) in [7, 11) is 1.34. The largest absolute Gasteiger partial charge is 0.465 e. The van der Waals surface area contributed by atoms with Crippen molar-refractivity contribution in [2.75, 3.05) is 31.3 Å². The van der Waals surface area contributed by atoms with Gasteiger partial charge in [-0.25, -0.2) is 4.79 Å². The lowest BCUT2D eigenvalue weighted by atomic mass is 10.2. The van der Waals surface area contributed by atoms with Crippen LogP contribution in [0.3, 0.4) is 0 Å². The van der Waals surface area contributed by atoms with E-state index < -0.39 is 5.97 Å². The van der Waals surface area contributed by atoms with Crippen molar-refractivity contribution in [3.8, 4) is 0 Å². The molecule has 0 aromatic carbocycles. The fraction of sp³-hybridized carbons (Fsp3) is 0.571. The molecule has 0 radical (unpaired) electrons. The number of piperidine rings is 1. The molecule has 0 unspecified atom stereocenters. The molecule has 1 aromatic heterocycles. The average Bonchev–Trinajstić information content (AvgIpc) is 2.86. The number of thioether (sulfide) groups is 1. The minimum atomic E-state index is -0.408. The topological polar surface area (TPSA) is 67.4 Å². The summed E-state index contributed by atoms with van der Waals surface area (Å²) >= 11 is 2.98. The van der Waals surface area contributed by atoms with Gasteiger partial charge in [0, 0.05) is 5.25 Å². The Morgan fingerprint density at radius 1 is 1.48 bits per heavy atom. The zero-order valence-corrected chi connectivity index (χ0v) is 13.9. The number of amides is 1. The molecule has 21 heavy (non-hydrogen) atoms. The monoisotopic (exact) mass is 328 g/mol. The molecule has 1 aliphatic rings. The molecule has 2 heterocycles. The van der Waals surface area contributed by atoms with Crippen LogP contribution in [0, 0.1) is 6.92 Å². The standard InChI is InChI=1S/C14H20N2O3S2/c1-9-7-21-13(14(18)19-2)12(9)16-11(17)8-20-10-3-5-15-6-4-10/h7,10,15H,3-6,8H2,1-2H3,(H,16,17). The lowest BCUT2D eigenvalue weighted by Crippen LogP contribution is -2.30. The maximum atomic E-state index is 12.1. The van der Waals surface area contributed by atoms with E-state index >= 15 is 0 Å². The van der Waals surface area contributed by atoms with Gasteiger partial charge in [-0.05, 0) is 43.8 Å². The van der Waals surface area contributed by atoms with Crippen molar-refractivity contribution in [3.63, 3.8) is 0 Å². The van der Waals surface area contributed by atoms with Crippen LogP contribution in [0.15, 0.2) is 5.38 Å². The molecule has 1 amide bonds. The van der Waals surface area contributed by atoms with E-state index in [0.717, 1.165) is 31.5 Å². The van der Waals surface area contributed by atoms with Gasteiger partial charge < -0.3 is 15.4 Å². The second-order valence-corrected chi connectivity index (χ2v) is 7.09. The van der Waals surface area contributed by atoms with Crippen LogP contribution >= 0.6 is 23.1 Å². The summed E-state index contributed by atoms with van der Waals surface area (Å²) in [5.74, 6) is -0.0554. The molecule has 5 nitrogen and oxygen atoms in total. The molecule has 0 bridgehead atoms. The lowest BCUT2D eigenvalue weighted by molar-refractivity contribution is -0.113. The van der Waals surface area contributed by atoms with Gasteiger partial charge in [0.05, 0.1) is 18.6 Å². The number of nitrogens with one attached hydrogen (secondary N) is 2. The Bertz CT molecular complexity index is 510. The Labute approximate surface area is 132 Å². The summed E-state index contributed by atoms with van der Waals surface area (Å²) in [5.41, 5.74) is 1.48. The van der Waals surface area contributed by atoms with Crippen LogP contribution in [0.1, 0.15) is 28.1 Å². The number of carbonyl (C=O) groups excluding carboxylic acids is 2. The minimum absolute atomic E-state index is 0.0646. The van der Waals surface area contributed by atoms with Crippen molar-refractivity contribution in [1.29, 1.82) is 0 Å². The molecule has 0 saturated carbocycles. The number of aryl methyl sites for hydroxylation is 1. The van der Waals surface area contributed by atoms with Crippen LogP contribution in [0.25, 0.3) is 0 Å². The Kier molecular flexibility index (Phi) is 6.08. The molecule has 0 atom stereocenters. The molecular formula is C14H20N2O3S2. The van der Waals surface area contributed by atoms with Gasteiger partial charge in [0.25, 0.3) is 0 Å². The Hall–Kier alpha value is -1.05. The molecule has 116 valence electrons. The van der Waals surface area contributed by atoms with Crippen LogP contribution < -0.4 is 10.6 Å². The van der Waals surface area contributed by atoms with Gasteiger partial charge in [-0.15, -0.1) is 23.1 Å². The predicted octanol–water partition coefficient (Wildman–Crippen LogP) is 2.27. The van der Waals surface area contributed by atoms with Crippen molar-refractivity contribution in [3.05, 3.63) is 15.8 Å². The summed E-state index contributed by atoms with van der Waals surface area (Å²) in [4.78, 5) is 24.2. The van der Waals surface area contributed by atoms with Gasteiger partial charge in [-0.1, -0.05) is 0 Å². The molecule has 7 heteroatoms. The van der Waals surface area contributed by atoms with E-state index in [4.69, 9.17) is 4.74 Å². The van der Waals surface area contributed by atoms with Gasteiger partial charge in [0.1, 0.15) is 4.88 Å². The molecule has 0 aliphatic carbocycles. The number of hydrogen-bond acceptors (Lipinski definition) is 6. The van der Waals surface area contributed by atoms with E-state index in [-0.39, 0.29) is 5.91 Å². The second kappa shape index (κ2) is 7.82. The highest BCUT2D eigenvalue weighted by Gasteiger charge is 2.20. The first-order chi connectivity index (χ1) is 10.1. The van der Waals surface area contributed by atoms with E-state index in [1.54, 1.807) is 11.8 Å². The summed E-state index contributed by atoms with van der Waals surface area (Å²) in [6, 6.07) is 0. The maximum Gasteiger partial charge on any atom is 0.350 e. The highest BCUT2D eigenvalue weighted by atomic mass is 32.2. The van der Waals surface area contributed by atoms with E-state index in [1.807, 2.05) is 12.3 Å². The Balaban J connectivity index is 1.90. The summed E-state index contributed by atoms with van der Waals surface area (Å²) in [6.07, 6.45) is 2.20. The van der Waals surface area contributed by atoms with Crippen molar-refractivity contribution < 1.29 is 14.3 Å². The van der Waals surface area contributed by atoms with E-state index in [1.165, 1.54) is 18.4 Å². The molecule has 1 fully saturated rings. The predicted molar refractivity (Wildman–Crippen MR) is 87.4 cm³/mol. The number of rotatable bonds is 5. The molecule has 1 aromatic rings. The van der Waals surface area contributed by atoms with Crippen LogP contribution in [0.5, 0.6) is 0 Å². The van der Waals surface area contributed by atoms with Crippen LogP contribution in [-0.4, -0.2) is 43.1 Å². The van der Waals surface area contributed by atoms with E-state index in [9.17, 15) is 9.59 Å². The fourth-order valence-electron chi connectivity index (χ4n) is 2.17. The average molecular weight is 328 g/mol. The minimum Gasteiger partial charge on any atom is -0.465 e. The SMILES string of the molecule is COC(=O)c1scc(C)c1NC(=O)CSC1CCNCC1. The molecule has 0 spiro atoms.